The molecule has 0 radical (unpaired) electrons. The fourth-order valence-corrected chi connectivity index (χ4v) is 2.12. The van der Waals surface area contributed by atoms with E-state index in [2.05, 4.69) is 4.90 Å². The minimum absolute atomic E-state index is 0. The summed E-state index contributed by atoms with van der Waals surface area (Å²) in [6.07, 6.45) is 6.45. The van der Waals surface area contributed by atoms with Gasteiger partial charge < -0.3 is 10.0 Å². The summed E-state index contributed by atoms with van der Waals surface area (Å²) in [5.74, 6) is 0. The van der Waals surface area contributed by atoms with Gasteiger partial charge in [0, 0.05) is 6.54 Å². The quantitative estimate of drug-likeness (QED) is 0.483. The Labute approximate surface area is 123 Å². The molecule has 2 aliphatic rings. The summed E-state index contributed by atoms with van der Waals surface area (Å²) in [5.41, 5.74) is 0.220. The van der Waals surface area contributed by atoms with Crippen LogP contribution in [0.25, 0.3) is 0 Å². The molecule has 2 fully saturated rings. The van der Waals surface area contributed by atoms with Crippen molar-refractivity contribution >= 4 is 0 Å². The van der Waals surface area contributed by atoms with Gasteiger partial charge in [-0.1, -0.05) is 6.42 Å². The maximum absolute atomic E-state index is 10.9. The van der Waals surface area contributed by atoms with Gasteiger partial charge in [0.15, 0.2) is 0 Å². The Bertz CT molecular complexity index is 153. The molecule has 70 valence electrons. The van der Waals surface area contributed by atoms with Crippen molar-refractivity contribution in [2.75, 3.05) is 26.2 Å². The minimum atomic E-state index is 0. The van der Waals surface area contributed by atoms with E-state index in [9.17, 15) is 5.11 Å². The molecule has 1 aliphatic heterocycles. The van der Waals surface area contributed by atoms with Gasteiger partial charge in [-0.2, -0.15) is 0 Å². The summed E-state index contributed by atoms with van der Waals surface area (Å²) in [7, 11) is 0. The number of hydrogen-bond donors (Lipinski definition) is 0. The summed E-state index contributed by atoms with van der Waals surface area (Å²) >= 11 is 0. The second-order valence-electron chi connectivity index (χ2n) is 4.48. The normalized spacial score (nSPS) is 26.5. The van der Waals surface area contributed by atoms with Crippen LogP contribution in [0.5, 0.6) is 0 Å². The number of likely N-dealkylation sites (tertiary alicyclic amines) is 1. The molecule has 0 aromatic heterocycles. The molecule has 2 rings (SSSR count). The van der Waals surface area contributed by atoms with Gasteiger partial charge in [0.1, 0.15) is 0 Å². The molecule has 1 aliphatic carbocycles. The molecule has 0 amide bonds. The van der Waals surface area contributed by atoms with Crippen LogP contribution in [0.15, 0.2) is 0 Å². The number of nitrogens with zero attached hydrogens (tertiary/aromatic N) is 1. The summed E-state index contributed by atoms with van der Waals surface area (Å²) in [6.45, 7) is 3.73. The first-order chi connectivity index (χ1) is 5.85. The zero-order valence-corrected chi connectivity index (χ0v) is 11.8. The monoisotopic (exact) mass is 207 g/mol. The van der Waals surface area contributed by atoms with E-state index in [1.807, 2.05) is 0 Å². The summed E-state index contributed by atoms with van der Waals surface area (Å²) < 4.78 is 0. The third-order valence-corrected chi connectivity index (χ3v) is 3.27. The van der Waals surface area contributed by atoms with Gasteiger partial charge in [-0.3, -0.25) is 0 Å². The zero-order valence-electron chi connectivity index (χ0n) is 8.72. The minimum Gasteiger partial charge on any atom is -0.854 e. The van der Waals surface area contributed by atoms with Crippen LogP contribution in [0.4, 0.5) is 0 Å². The van der Waals surface area contributed by atoms with E-state index >= 15 is 0 Å². The second kappa shape index (κ2) is 5.59. The van der Waals surface area contributed by atoms with E-state index in [0.29, 0.717) is 0 Å². The number of rotatable bonds is 3. The van der Waals surface area contributed by atoms with E-state index in [1.165, 1.54) is 45.2 Å². The third kappa shape index (κ3) is 3.56. The molecule has 1 heterocycles. The van der Waals surface area contributed by atoms with Crippen LogP contribution in [0.1, 0.15) is 32.1 Å². The summed E-state index contributed by atoms with van der Waals surface area (Å²) in [6, 6.07) is 0. The molecule has 0 atom stereocenters. The van der Waals surface area contributed by atoms with Crippen LogP contribution < -0.4 is 56.5 Å². The molecule has 0 N–H and O–H groups in total. The van der Waals surface area contributed by atoms with Gasteiger partial charge in [-0.05, 0) is 44.2 Å². The van der Waals surface area contributed by atoms with Crippen molar-refractivity contribution in [1.82, 2.24) is 4.90 Å². The van der Waals surface area contributed by atoms with Crippen molar-refractivity contribution in [3.8, 4) is 0 Å². The molecule has 2 nitrogen and oxygen atoms in total. The number of hydrogen-bond acceptors (Lipinski definition) is 2. The largest absolute Gasteiger partial charge is 1.00 e. The molecule has 13 heavy (non-hydrogen) atoms. The standard InChI is InChI=1S/C10H18NO.K/c12-9-10(4-5-10)8-11-6-2-1-3-7-11;/h1-9H2;/q-1;+1. The molecule has 1 saturated heterocycles. The van der Waals surface area contributed by atoms with Crippen molar-refractivity contribution in [3.63, 3.8) is 0 Å². The van der Waals surface area contributed by atoms with Crippen molar-refractivity contribution in [2.45, 2.75) is 32.1 Å². The van der Waals surface area contributed by atoms with Crippen molar-refractivity contribution in [2.24, 2.45) is 5.41 Å². The molecule has 1 saturated carbocycles. The zero-order chi connectivity index (χ0) is 8.44. The molecule has 0 bridgehead atoms. The molecular weight excluding hydrogens is 189 g/mol. The van der Waals surface area contributed by atoms with Crippen molar-refractivity contribution in [3.05, 3.63) is 0 Å². The Balaban J connectivity index is 0.000000845. The maximum Gasteiger partial charge on any atom is 1.00 e. The first kappa shape index (κ1) is 12.6. The third-order valence-electron chi connectivity index (χ3n) is 3.27. The van der Waals surface area contributed by atoms with Crippen LogP contribution in [-0.4, -0.2) is 31.1 Å². The Morgan fingerprint density at radius 2 is 1.69 bits per heavy atom. The molecule has 0 aromatic carbocycles. The van der Waals surface area contributed by atoms with E-state index in [-0.39, 0.29) is 63.4 Å². The Kier molecular flexibility index (Phi) is 5.43. The van der Waals surface area contributed by atoms with Crippen LogP contribution in [-0.2, 0) is 0 Å². The smallest absolute Gasteiger partial charge is 0.854 e. The first-order valence-electron chi connectivity index (χ1n) is 5.15. The van der Waals surface area contributed by atoms with Gasteiger partial charge in [-0.25, -0.2) is 0 Å². The van der Waals surface area contributed by atoms with Gasteiger partial charge in [0.2, 0.25) is 0 Å². The Morgan fingerprint density at radius 1 is 1.08 bits per heavy atom. The van der Waals surface area contributed by atoms with Crippen molar-refractivity contribution < 1.29 is 56.5 Å². The average molecular weight is 207 g/mol. The first-order valence-corrected chi connectivity index (χ1v) is 5.15. The van der Waals surface area contributed by atoms with Gasteiger partial charge >= 0.3 is 51.4 Å². The fourth-order valence-electron chi connectivity index (χ4n) is 2.12. The molecule has 0 spiro atoms. The Hall–Kier alpha value is 1.56. The van der Waals surface area contributed by atoms with E-state index in [4.69, 9.17) is 0 Å². The SMILES string of the molecule is [K+].[O-]CC1(CN2CCCCC2)CC1. The molecular formula is C10H18KNO. The van der Waals surface area contributed by atoms with E-state index < -0.39 is 0 Å². The summed E-state index contributed by atoms with van der Waals surface area (Å²) in [4.78, 5) is 2.49. The predicted molar refractivity (Wildman–Crippen MR) is 46.8 cm³/mol. The molecule has 0 unspecified atom stereocenters. The van der Waals surface area contributed by atoms with E-state index in [0.717, 1.165) is 6.54 Å². The topological polar surface area (TPSA) is 26.3 Å². The maximum atomic E-state index is 10.9. The van der Waals surface area contributed by atoms with Gasteiger partial charge in [0.25, 0.3) is 0 Å². The van der Waals surface area contributed by atoms with Crippen LogP contribution in [0, 0.1) is 5.41 Å². The molecule has 0 aromatic rings. The van der Waals surface area contributed by atoms with Gasteiger partial charge in [-0.15, -0.1) is 6.61 Å². The van der Waals surface area contributed by atoms with E-state index in [1.54, 1.807) is 0 Å². The number of piperidine rings is 1. The summed E-state index contributed by atoms with van der Waals surface area (Å²) in [5, 5.41) is 10.9. The molecule has 3 heteroatoms. The fraction of sp³-hybridized carbons (Fsp3) is 1.00. The average Bonchev–Trinajstić information content (AvgIpc) is 2.88. The van der Waals surface area contributed by atoms with Crippen molar-refractivity contribution in [1.29, 1.82) is 0 Å². The van der Waals surface area contributed by atoms with Crippen LogP contribution >= 0.6 is 0 Å². The second-order valence-corrected chi connectivity index (χ2v) is 4.48. The van der Waals surface area contributed by atoms with Crippen LogP contribution in [0.3, 0.4) is 0 Å². The van der Waals surface area contributed by atoms with Crippen LogP contribution in [0.2, 0.25) is 0 Å². The van der Waals surface area contributed by atoms with Gasteiger partial charge in [0.05, 0.1) is 0 Å². The Morgan fingerprint density at radius 3 is 2.15 bits per heavy atom. The predicted octanol–water partition coefficient (Wildman–Crippen LogP) is -2.38.